The third-order valence-electron chi connectivity index (χ3n) is 3.22. The van der Waals surface area contributed by atoms with E-state index in [-0.39, 0.29) is 20.5 Å². The lowest BCUT2D eigenvalue weighted by molar-refractivity contribution is 0.101. The van der Waals surface area contributed by atoms with Crippen molar-refractivity contribution in [1.82, 2.24) is 0 Å². The molecule has 2 rings (SSSR count). The molecule has 0 atom stereocenters. The zero-order valence-corrected chi connectivity index (χ0v) is 15.4. The van der Waals surface area contributed by atoms with Gasteiger partial charge in [-0.05, 0) is 45.7 Å². The van der Waals surface area contributed by atoms with Crippen LogP contribution in [0.2, 0.25) is 0 Å². The second-order valence-corrected chi connectivity index (χ2v) is 6.60. The first-order chi connectivity index (χ1) is 10.4. The highest BCUT2D eigenvalue weighted by atomic mass is 79.9. The summed E-state index contributed by atoms with van der Waals surface area (Å²) >= 11 is 6.48. The van der Waals surface area contributed by atoms with Crippen molar-refractivity contribution in [1.29, 1.82) is 0 Å². The van der Waals surface area contributed by atoms with Crippen molar-refractivity contribution in [2.45, 2.75) is 13.8 Å². The Labute approximate surface area is 146 Å². The van der Waals surface area contributed by atoms with E-state index < -0.39 is 0 Å². The van der Waals surface area contributed by atoms with E-state index >= 15 is 0 Å². The first-order valence-corrected chi connectivity index (χ1v) is 8.26. The van der Waals surface area contributed by atoms with Crippen LogP contribution in [-0.4, -0.2) is 11.6 Å². The van der Waals surface area contributed by atoms with Crippen LogP contribution in [0.15, 0.2) is 57.5 Å². The van der Waals surface area contributed by atoms with Gasteiger partial charge in [0.05, 0.1) is 8.96 Å². The molecule has 0 saturated carbocycles. The van der Waals surface area contributed by atoms with Crippen LogP contribution in [-0.2, 0) is 0 Å². The second-order valence-electron chi connectivity index (χ2n) is 5.02. The van der Waals surface area contributed by atoms with Crippen molar-refractivity contribution < 1.29 is 9.59 Å². The van der Waals surface area contributed by atoms with Gasteiger partial charge in [-0.25, -0.2) is 0 Å². The number of Topliss-reactive ketones (excluding diaryl/α,β-unsaturated/α-hetero) is 2. The highest BCUT2D eigenvalue weighted by Crippen LogP contribution is 2.26. The summed E-state index contributed by atoms with van der Waals surface area (Å²) in [6, 6.07) is 14.4. The quantitative estimate of drug-likeness (QED) is 0.491. The Morgan fingerprint density at radius 2 is 0.909 bits per heavy atom. The molecule has 0 spiro atoms. The van der Waals surface area contributed by atoms with Gasteiger partial charge < -0.3 is 0 Å². The fourth-order valence-electron chi connectivity index (χ4n) is 1.86. The molecule has 0 unspecified atom stereocenters. The number of allylic oxidation sites excluding steroid dienone is 2. The van der Waals surface area contributed by atoms with Crippen LogP contribution >= 0.6 is 31.9 Å². The van der Waals surface area contributed by atoms with Crippen molar-refractivity contribution in [3.05, 3.63) is 79.7 Å². The number of hydrogen-bond acceptors (Lipinski definition) is 2. The highest BCUT2D eigenvalue weighted by molar-refractivity contribution is 9.14. The predicted octanol–water partition coefficient (Wildman–Crippen LogP) is 5.37. The number of aryl methyl sites for hydroxylation is 2. The second kappa shape index (κ2) is 7.16. The molecule has 0 aliphatic rings. The normalized spacial score (nSPS) is 11.8. The van der Waals surface area contributed by atoms with Crippen molar-refractivity contribution in [3.63, 3.8) is 0 Å². The summed E-state index contributed by atoms with van der Waals surface area (Å²) in [5.41, 5.74) is 3.22. The monoisotopic (exact) mass is 420 g/mol. The minimum absolute atomic E-state index is 0.224. The van der Waals surface area contributed by atoms with E-state index in [0.29, 0.717) is 11.1 Å². The van der Waals surface area contributed by atoms with Gasteiger partial charge in [0.1, 0.15) is 0 Å². The molecule has 0 bridgehead atoms. The Balaban J connectivity index is 2.31. The molecule has 2 aromatic rings. The van der Waals surface area contributed by atoms with Crippen LogP contribution < -0.4 is 0 Å². The fourth-order valence-corrected chi connectivity index (χ4v) is 2.68. The van der Waals surface area contributed by atoms with E-state index in [1.54, 1.807) is 24.3 Å². The number of carbonyl (C=O) groups is 2. The van der Waals surface area contributed by atoms with Crippen molar-refractivity contribution in [2.24, 2.45) is 0 Å². The number of rotatable bonds is 4. The van der Waals surface area contributed by atoms with Gasteiger partial charge in [0.2, 0.25) is 11.6 Å². The summed E-state index contributed by atoms with van der Waals surface area (Å²) in [7, 11) is 0. The number of ketones is 2. The highest BCUT2D eigenvalue weighted by Gasteiger charge is 2.19. The minimum atomic E-state index is -0.229. The SMILES string of the molecule is Cc1ccc(C(=O)/C(Br)=C(\Br)C(=O)c2ccc(C)cc2)cc1. The molecular formula is C18H14Br2O2. The van der Waals surface area contributed by atoms with Gasteiger partial charge in [0, 0.05) is 11.1 Å². The Morgan fingerprint density at radius 3 is 1.18 bits per heavy atom. The molecule has 0 aliphatic carbocycles. The lowest BCUT2D eigenvalue weighted by atomic mass is 10.1. The zero-order chi connectivity index (χ0) is 16.3. The molecule has 22 heavy (non-hydrogen) atoms. The molecule has 0 amide bonds. The molecule has 0 fully saturated rings. The maximum absolute atomic E-state index is 12.4. The summed E-state index contributed by atoms with van der Waals surface area (Å²) in [5, 5.41) is 0. The Bertz CT molecular complexity index is 676. The van der Waals surface area contributed by atoms with Gasteiger partial charge in [0.15, 0.2) is 0 Å². The number of benzene rings is 2. The Hall–Kier alpha value is -1.52. The number of hydrogen-bond donors (Lipinski definition) is 0. The summed E-state index contributed by atoms with van der Waals surface area (Å²) in [5.74, 6) is -0.459. The van der Waals surface area contributed by atoms with E-state index in [9.17, 15) is 9.59 Å². The largest absolute Gasteiger partial charge is 0.288 e. The summed E-state index contributed by atoms with van der Waals surface area (Å²) < 4.78 is 0.448. The average molecular weight is 422 g/mol. The average Bonchev–Trinajstić information content (AvgIpc) is 2.53. The van der Waals surface area contributed by atoms with E-state index in [1.165, 1.54) is 0 Å². The van der Waals surface area contributed by atoms with Gasteiger partial charge in [0.25, 0.3) is 0 Å². The molecule has 112 valence electrons. The van der Waals surface area contributed by atoms with E-state index in [2.05, 4.69) is 31.9 Å². The Kier molecular flexibility index (Phi) is 5.48. The fraction of sp³-hybridized carbons (Fsp3) is 0.111. The van der Waals surface area contributed by atoms with Crippen LogP contribution in [0.4, 0.5) is 0 Å². The molecule has 0 heterocycles. The smallest absolute Gasteiger partial charge is 0.201 e. The molecule has 0 aliphatic heterocycles. The van der Waals surface area contributed by atoms with E-state index in [4.69, 9.17) is 0 Å². The molecule has 0 saturated heterocycles. The van der Waals surface area contributed by atoms with Gasteiger partial charge in [-0.1, -0.05) is 59.7 Å². The predicted molar refractivity (Wildman–Crippen MR) is 95.9 cm³/mol. The molecule has 2 nitrogen and oxygen atoms in total. The minimum Gasteiger partial charge on any atom is -0.288 e. The number of halogens is 2. The van der Waals surface area contributed by atoms with Crippen LogP contribution in [0.1, 0.15) is 31.8 Å². The molecule has 0 aromatic heterocycles. The third kappa shape index (κ3) is 3.81. The van der Waals surface area contributed by atoms with Crippen LogP contribution in [0, 0.1) is 13.8 Å². The summed E-state index contributed by atoms with van der Waals surface area (Å²) in [4.78, 5) is 24.8. The van der Waals surface area contributed by atoms with Crippen LogP contribution in [0.5, 0.6) is 0 Å². The zero-order valence-electron chi connectivity index (χ0n) is 12.2. The third-order valence-corrected chi connectivity index (χ3v) is 5.26. The van der Waals surface area contributed by atoms with E-state index in [1.807, 2.05) is 38.1 Å². The number of carbonyl (C=O) groups excluding carboxylic acids is 2. The van der Waals surface area contributed by atoms with Crippen molar-refractivity contribution in [3.8, 4) is 0 Å². The molecular weight excluding hydrogens is 408 g/mol. The van der Waals surface area contributed by atoms with Gasteiger partial charge in [-0.3, -0.25) is 9.59 Å². The first-order valence-electron chi connectivity index (χ1n) is 6.68. The van der Waals surface area contributed by atoms with Gasteiger partial charge in [-0.2, -0.15) is 0 Å². The lowest BCUT2D eigenvalue weighted by Crippen LogP contribution is -2.06. The molecule has 0 radical (unpaired) electrons. The van der Waals surface area contributed by atoms with E-state index in [0.717, 1.165) is 11.1 Å². The maximum Gasteiger partial charge on any atom is 0.201 e. The van der Waals surface area contributed by atoms with Crippen molar-refractivity contribution in [2.75, 3.05) is 0 Å². The standard InChI is InChI=1S/C18H14Br2O2/c1-11-3-7-13(8-4-11)17(21)15(19)16(20)18(22)14-9-5-12(2)6-10-14/h3-10H,1-2H3/b16-15+. The van der Waals surface area contributed by atoms with Crippen molar-refractivity contribution >= 4 is 43.4 Å². The topological polar surface area (TPSA) is 34.1 Å². The molecule has 0 N–H and O–H groups in total. The summed E-state index contributed by atoms with van der Waals surface area (Å²) in [6.45, 7) is 3.91. The van der Waals surface area contributed by atoms with Crippen LogP contribution in [0.25, 0.3) is 0 Å². The summed E-state index contributed by atoms with van der Waals surface area (Å²) in [6.07, 6.45) is 0. The van der Waals surface area contributed by atoms with Gasteiger partial charge >= 0.3 is 0 Å². The Morgan fingerprint density at radius 1 is 0.636 bits per heavy atom. The van der Waals surface area contributed by atoms with Gasteiger partial charge in [-0.15, -0.1) is 0 Å². The molecule has 4 heteroatoms. The maximum atomic E-state index is 12.4. The van der Waals surface area contributed by atoms with Crippen LogP contribution in [0.3, 0.4) is 0 Å². The molecule has 2 aromatic carbocycles. The first kappa shape index (κ1) is 16.8. The lowest BCUT2D eigenvalue weighted by Gasteiger charge is -2.05.